The zero-order valence-electron chi connectivity index (χ0n) is 15.3. The van der Waals surface area contributed by atoms with Crippen LogP contribution >= 0.6 is 0 Å². The second kappa shape index (κ2) is 7.83. The van der Waals surface area contributed by atoms with Crippen LogP contribution in [0.3, 0.4) is 0 Å². The highest BCUT2D eigenvalue weighted by Gasteiger charge is 2.26. The number of rotatable bonds is 6. The molecule has 0 fully saturated rings. The molecule has 2 heterocycles. The van der Waals surface area contributed by atoms with E-state index < -0.39 is 6.04 Å². The van der Waals surface area contributed by atoms with Crippen LogP contribution in [0.1, 0.15) is 17.2 Å². The highest BCUT2D eigenvalue weighted by atomic mass is 16.2. The summed E-state index contributed by atoms with van der Waals surface area (Å²) in [6.45, 7) is 0.476. The number of benzene rings is 2. The number of carbonyl (C=O) groups is 1. The van der Waals surface area contributed by atoms with Crippen LogP contribution in [0, 0.1) is 0 Å². The number of tetrazole rings is 1. The lowest BCUT2D eigenvalue weighted by Gasteiger charge is -2.24. The molecular formula is C20H19N7O. The van der Waals surface area contributed by atoms with E-state index >= 15 is 0 Å². The zero-order chi connectivity index (χ0) is 19.3. The Kier molecular flexibility index (Phi) is 4.92. The van der Waals surface area contributed by atoms with Crippen molar-refractivity contribution in [3.05, 3.63) is 90.5 Å². The zero-order valence-corrected chi connectivity index (χ0v) is 15.3. The van der Waals surface area contributed by atoms with Crippen LogP contribution in [0.4, 0.5) is 0 Å². The van der Waals surface area contributed by atoms with Crippen molar-refractivity contribution >= 4 is 5.91 Å². The maximum absolute atomic E-state index is 13.2. The maximum Gasteiger partial charge on any atom is 0.252 e. The lowest BCUT2D eigenvalue weighted by Crippen LogP contribution is -2.35. The number of nitrogens with zero attached hydrogens (tertiary/aromatic N) is 7. The van der Waals surface area contributed by atoms with Crippen molar-refractivity contribution < 1.29 is 4.79 Å². The van der Waals surface area contributed by atoms with Gasteiger partial charge in [0.15, 0.2) is 6.04 Å². The van der Waals surface area contributed by atoms with Gasteiger partial charge in [0, 0.05) is 26.0 Å². The van der Waals surface area contributed by atoms with Gasteiger partial charge in [0.05, 0.1) is 5.69 Å². The van der Waals surface area contributed by atoms with E-state index in [-0.39, 0.29) is 5.91 Å². The van der Waals surface area contributed by atoms with E-state index in [0.717, 1.165) is 16.8 Å². The molecule has 4 rings (SSSR count). The first kappa shape index (κ1) is 17.6. The largest absolute Gasteiger partial charge is 0.339 e. The first-order chi connectivity index (χ1) is 13.7. The van der Waals surface area contributed by atoms with Crippen molar-refractivity contribution in [2.24, 2.45) is 0 Å². The average molecular weight is 373 g/mol. The summed E-state index contributed by atoms with van der Waals surface area (Å²) in [5.41, 5.74) is 2.83. The van der Waals surface area contributed by atoms with Crippen molar-refractivity contribution in [3.63, 3.8) is 0 Å². The summed E-state index contributed by atoms with van der Waals surface area (Å²) in [5, 5.41) is 15.5. The molecule has 8 nitrogen and oxygen atoms in total. The van der Waals surface area contributed by atoms with Gasteiger partial charge >= 0.3 is 0 Å². The molecule has 2 aromatic carbocycles. The number of hydrogen-bond donors (Lipinski definition) is 0. The Morgan fingerprint density at radius 1 is 1.07 bits per heavy atom. The van der Waals surface area contributed by atoms with E-state index in [2.05, 4.69) is 20.6 Å². The predicted octanol–water partition coefficient (Wildman–Crippen LogP) is 2.11. The molecule has 0 unspecified atom stereocenters. The lowest BCUT2D eigenvalue weighted by molar-refractivity contribution is -0.133. The number of hydrogen-bond acceptors (Lipinski definition) is 5. The van der Waals surface area contributed by atoms with Crippen LogP contribution in [0.5, 0.6) is 0 Å². The van der Waals surface area contributed by atoms with E-state index in [1.807, 2.05) is 66.9 Å². The smallest absolute Gasteiger partial charge is 0.252 e. The van der Waals surface area contributed by atoms with Crippen LogP contribution in [-0.4, -0.2) is 47.8 Å². The quantitative estimate of drug-likeness (QED) is 0.517. The topological polar surface area (TPSA) is 81.7 Å². The summed E-state index contributed by atoms with van der Waals surface area (Å²) in [6, 6.07) is 18.7. The van der Waals surface area contributed by atoms with Crippen LogP contribution in [0.15, 0.2) is 79.4 Å². The van der Waals surface area contributed by atoms with E-state index in [0.29, 0.717) is 6.54 Å². The minimum absolute atomic E-state index is 0.0883. The van der Waals surface area contributed by atoms with Crippen LogP contribution in [0.25, 0.3) is 5.69 Å². The van der Waals surface area contributed by atoms with E-state index in [1.165, 1.54) is 11.0 Å². The molecule has 0 aliphatic carbocycles. The molecule has 0 aliphatic rings. The molecule has 140 valence electrons. The monoisotopic (exact) mass is 373 g/mol. The molecule has 0 aliphatic heterocycles. The Hall–Kier alpha value is -3.81. The van der Waals surface area contributed by atoms with Gasteiger partial charge < -0.3 is 4.90 Å². The van der Waals surface area contributed by atoms with Crippen LogP contribution in [-0.2, 0) is 11.3 Å². The molecule has 28 heavy (non-hydrogen) atoms. The summed E-state index contributed by atoms with van der Waals surface area (Å²) >= 11 is 0. The number of likely N-dealkylation sites (N-methyl/N-ethyl adjacent to an activating group) is 1. The molecule has 0 saturated heterocycles. The summed E-state index contributed by atoms with van der Waals surface area (Å²) < 4.78 is 3.27. The fourth-order valence-electron chi connectivity index (χ4n) is 3.07. The maximum atomic E-state index is 13.2. The standard InChI is InChI=1S/C20H19N7O/c1-25(14-16-8-10-18(11-9-16)26-13-5-12-22-26)20(28)19(27-15-21-23-24-27)17-6-3-2-4-7-17/h2-13,15,19H,14H2,1H3/t19-/m1/s1. The van der Waals surface area contributed by atoms with E-state index in [4.69, 9.17) is 0 Å². The fourth-order valence-corrected chi connectivity index (χ4v) is 3.07. The molecule has 0 N–H and O–H groups in total. The number of amides is 1. The predicted molar refractivity (Wildman–Crippen MR) is 102 cm³/mol. The molecular weight excluding hydrogens is 354 g/mol. The van der Waals surface area contributed by atoms with Gasteiger partial charge in [-0.15, -0.1) is 5.10 Å². The average Bonchev–Trinajstić information content (AvgIpc) is 3.44. The van der Waals surface area contributed by atoms with Crippen molar-refractivity contribution in [3.8, 4) is 5.69 Å². The molecule has 4 aromatic rings. The third kappa shape index (κ3) is 3.66. The minimum Gasteiger partial charge on any atom is -0.339 e. The van der Waals surface area contributed by atoms with Gasteiger partial charge in [-0.1, -0.05) is 42.5 Å². The Labute approximate surface area is 162 Å². The number of aromatic nitrogens is 6. The Morgan fingerprint density at radius 2 is 1.86 bits per heavy atom. The van der Waals surface area contributed by atoms with Gasteiger partial charge in [-0.25, -0.2) is 9.36 Å². The SMILES string of the molecule is CN(Cc1ccc(-n2cccn2)cc1)C(=O)[C@@H](c1ccccc1)n1cnnn1. The van der Waals surface area contributed by atoms with Gasteiger partial charge in [-0.2, -0.15) is 5.10 Å². The van der Waals surface area contributed by atoms with Crippen molar-refractivity contribution in [2.45, 2.75) is 12.6 Å². The third-order valence-electron chi connectivity index (χ3n) is 4.48. The van der Waals surface area contributed by atoms with Crippen molar-refractivity contribution in [1.82, 2.24) is 34.9 Å². The molecule has 0 saturated carbocycles. The van der Waals surface area contributed by atoms with E-state index in [1.54, 1.807) is 22.8 Å². The summed E-state index contributed by atoms with van der Waals surface area (Å²) in [6.07, 6.45) is 5.09. The Morgan fingerprint density at radius 3 is 2.50 bits per heavy atom. The Balaban J connectivity index is 1.53. The Bertz CT molecular complexity index is 1010. The fraction of sp³-hybridized carbons (Fsp3) is 0.150. The summed E-state index contributed by atoms with van der Waals surface area (Å²) in [5.74, 6) is -0.0883. The molecule has 0 bridgehead atoms. The van der Waals surface area contributed by atoms with Gasteiger partial charge in [0.1, 0.15) is 6.33 Å². The second-order valence-corrected chi connectivity index (χ2v) is 6.41. The van der Waals surface area contributed by atoms with Gasteiger partial charge in [0.25, 0.3) is 5.91 Å². The van der Waals surface area contributed by atoms with E-state index in [9.17, 15) is 4.79 Å². The van der Waals surface area contributed by atoms with Gasteiger partial charge in [-0.05, 0) is 39.8 Å². The highest BCUT2D eigenvalue weighted by molar-refractivity contribution is 5.83. The van der Waals surface area contributed by atoms with Gasteiger partial charge in [-0.3, -0.25) is 4.79 Å². The third-order valence-corrected chi connectivity index (χ3v) is 4.48. The first-order valence-electron chi connectivity index (χ1n) is 8.84. The van der Waals surface area contributed by atoms with Crippen molar-refractivity contribution in [1.29, 1.82) is 0 Å². The molecule has 0 radical (unpaired) electrons. The van der Waals surface area contributed by atoms with Crippen LogP contribution < -0.4 is 0 Å². The molecule has 1 amide bonds. The normalized spacial score (nSPS) is 11.9. The molecule has 2 aromatic heterocycles. The lowest BCUT2D eigenvalue weighted by atomic mass is 10.1. The molecule has 1 atom stereocenters. The second-order valence-electron chi connectivity index (χ2n) is 6.41. The molecule has 0 spiro atoms. The summed E-state index contributed by atoms with van der Waals surface area (Å²) in [4.78, 5) is 14.9. The van der Waals surface area contributed by atoms with Crippen LogP contribution in [0.2, 0.25) is 0 Å². The summed E-state index contributed by atoms with van der Waals surface area (Å²) in [7, 11) is 1.78. The van der Waals surface area contributed by atoms with Gasteiger partial charge in [0.2, 0.25) is 0 Å². The molecule has 8 heteroatoms. The highest BCUT2D eigenvalue weighted by Crippen LogP contribution is 2.20. The van der Waals surface area contributed by atoms with Crippen molar-refractivity contribution in [2.75, 3.05) is 7.05 Å². The minimum atomic E-state index is -0.607. The number of carbonyl (C=O) groups excluding carboxylic acids is 1. The first-order valence-corrected chi connectivity index (χ1v) is 8.84.